The molecule has 0 aliphatic heterocycles. The lowest BCUT2D eigenvalue weighted by molar-refractivity contribution is -0.122. The molecule has 1 amide bonds. The second-order valence-electron chi connectivity index (χ2n) is 8.74. The molecular formula is C21H30N4O2S. The lowest BCUT2D eigenvalue weighted by Gasteiger charge is -2.19. The maximum atomic E-state index is 13.4. The van der Waals surface area contributed by atoms with E-state index in [2.05, 4.69) is 12.2 Å². The number of amides is 1. The number of aryl methyl sites for hydroxylation is 1. The highest BCUT2D eigenvalue weighted by atomic mass is 32.1. The zero-order valence-electron chi connectivity index (χ0n) is 17.1. The van der Waals surface area contributed by atoms with E-state index in [9.17, 15) is 9.59 Å². The summed E-state index contributed by atoms with van der Waals surface area (Å²) in [7, 11) is 3.92. The van der Waals surface area contributed by atoms with Crippen molar-refractivity contribution in [1.29, 1.82) is 0 Å². The molecule has 28 heavy (non-hydrogen) atoms. The van der Waals surface area contributed by atoms with Gasteiger partial charge < -0.3 is 10.2 Å². The van der Waals surface area contributed by atoms with Crippen LogP contribution >= 0.6 is 11.3 Å². The van der Waals surface area contributed by atoms with E-state index in [0.29, 0.717) is 18.3 Å². The molecule has 2 aromatic heterocycles. The number of carbonyl (C=O) groups is 1. The average Bonchev–Trinajstić information content (AvgIpc) is 3.24. The van der Waals surface area contributed by atoms with Crippen LogP contribution in [0.25, 0.3) is 10.2 Å². The van der Waals surface area contributed by atoms with Crippen LogP contribution in [-0.4, -0.2) is 40.5 Å². The quantitative estimate of drug-likeness (QED) is 0.835. The third-order valence-electron chi connectivity index (χ3n) is 5.97. The molecule has 0 radical (unpaired) electrons. The molecule has 2 aliphatic carbocycles. The van der Waals surface area contributed by atoms with Gasteiger partial charge >= 0.3 is 0 Å². The van der Waals surface area contributed by atoms with Gasteiger partial charge in [0, 0.05) is 10.9 Å². The van der Waals surface area contributed by atoms with E-state index in [1.165, 1.54) is 23.3 Å². The Bertz CT molecular complexity index is 940. The maximum absolute atomic E-state index is 13.4. The summed E-state index contributed by atoms with van der Waals surface area (Å²) in [6, 6.07) is 0.257. The van der Waals surface area contributed by atoms with E-state index >= 15 is 0 Å². The third-order valence-corrected chi connectivity index (χ3v) is 7.12. The number of fused-ring (bicyclic) bond motifs is 3. The average molecular weight is 403 g/mol. The van der Waals surface area contributed by atoms with E-state index in [0.717, 1.165) is 42.3 Å². The molecule has 0 bridgehead atoms. The predicted octanol–water partition coefficient (Wildman–Crippen LogP) is 2.70. The largest absolute Gasteiger partial charge is 0.352 e. The lowest BCUT2D eigenvalue weighted by Crippen LogP contribution is -2.39. The predicted molar refractivity (Wildman–Crippen MR) is 113 cm³/mol. The summed E-state index contributed by atoms with van der Waals surface area (Å²) in [4.78, 5) is 35.1. The van der Waals surface area contributed by atoms with Crippen LogP contribution in [0.5, 0.6) is 0 Å². The maximum Gasteiger partial charge on any atom is 0.263 e. The van der Waals surface area contributed by atoms with Crippen molar-refractivity contribution in [3.63, 3.8) is 0 Å². The molecule has 1 N–H and O–H groups in total. The Morgan fingerprint density at radius 3 is 2.75 bits per heavy atom. The summed E-state index contributed by atoms with van der Waals surface area (Å²) in [6.07, 6.45) is 7.50. The van der Waals surface area contributed by atoms with Gasteiger partial charge in [-0.05, 0) is 57.7 Å². The van der Waals surface area contributed by atoms with Gasteiger partial charge in [-0.1, -0.05) is 19.8 Å². The van der Waals surface area contributed by atoms with E-state index in [4.69, 9.17) is 4.98 Å². The molecule has 0 aromatic carbocycles. The van der Waals surface area contributed by atoms with Crippen LogP contribution in [0.3, 0.4) is 0 Å². The number of nitrogens with zero attached hydrogens (tertiary/aromatic N) is 3. The first-order chi connectivity index (χ1) is 13.4. The molecule has 4 rings (SSSR count). The minimum absolute atomic E-state index is 0.0459. The summed E-state index contributed by atoms with van der Waals surface area (Å²) in [6.45, 7) is 2.87. The second-order valence-corrected chi connectivity index (χ2v) is 9.82. The Kier molecular flexibility index (Phi) is 5.56. The lowest BCUT2D eigenvalue weighted by atomic mass is 9.89. The van der Waals surface area contributed by atoms with Crippen LogP contribution in [0.1, 0.15) is 55.3 Å². The smallest absolute Gasteiger partial charge is 0.263 e. The van der Waals surface area contributed by atoms with Crippen molar-refractivity contribution < 1.29 is 4.79 Å². The minimum atomic E-state index is -0.0760. The Morgan fingerprint density at radius 1 is 1.29 bits per heavy atom. The van der Waals surface area contributed by atoms with Crippen LogP contribution < -0.4 is 10.9 Å². The Hall–Kier alpha value is -1.73. The highest BCUT2D eigenvalue weighted by Gasteiger charge is 2.26. The molecule has 152 valence electrons. The molecule has 6 nitrogen and oxygen atoms in total. The van der Waals surface area contributed by atoms with Gasteiger partial charge in [0.05, 0.1) is 11.9 Å². The molecule has 1 fully saturated rings. The summed E-state index contributed by atoms with van der Waals surface area (Å²) < 4.78 is 1.61. The van der Waals surface area contributed by atoms with E-state index in [1.807, 2.05) is 19.0 Å². The van der Waals surface area contributed by atoms with Crippen molar-refractivity contribution in [2.75, 3.05) is 14.1 Å². The highest BCUT2D eigenvalue weighted by Crippen LogP contribution is 2.35. The van der Waals surface area contributed by atoms with E-state index in [-0.39, 0.29) is 24.1 Å². The summed E-state index contributed by atoms with van der Waals surface area (Å²) in [5.74, 6) is 1.25. The molecule has 1 atom stereocenters. The highest BCUT2D eigenvalue weighted by molar-refractivity contribution is 7.18. The summed E-state index contributed by atoms with van der Waals surface area (Å²) >= 11 is 1.67. The molecular weight excluding hydrogens is 372 g/mol. The molecule has 7 heteroatoms. The van der Waals surface area contributed by atoms with Gasteiger partial charge in [0.2, 0.25) is 5.91 Å². The van der Waals surface area contributed by atoms with Gasteiger partial charge in [0.1, 0.15) is 17.2 Å². The van der Waals surface area contributed by atoms with Gasteiger partial charge in [-0.25, -0.2) is 4.98 Å². The number of thiophene rings is 1. The van der Waals surface area contributed by atoms with Crippen molar-refractivity contribution in [1.82, 2.24) is 19.8 Å². The number of aromatic nitrogens is 2. The molecule has 0 spiro atoms. The third kappa shape index (κ3) is 3.87. The molecule has 1 unspecified atom stereocenters. The van der Waals surface area contributed by atoms with Gasteiger partial charge in [0.15, 0.2) is 0 Å². The Morgan fingerprint density at radius 2 is 2.04 bits per heavy atom. The number of nitrogens with one attached hydrogen (secondary N) is 1. The van der Waals surface area contributed by atoms with E-state index < -0.39 is 0 Å². The normalized spacial score (nSPS) is 20.1. The zero-order valence-corrected chi connectivity index (χ0v) is 17.9. The number of hydrogen-bond acceptors (Lipinski definition) is 5. The monoisotopic (exact) mass is 402 g/mol. The van der Waals surface area contributed by atoms with Crippen LogP contribution in [-0.2, 0) is 30.7 Å². The zero-order chi connectivity index (χ0) is 19.8. The molecule has 1 saturated carbocycles. The first-order valence-corrected chi connectivity index (χ1v) is 11.2. The fourth-order valence-corrected chi connectivity index (χ4v) is 5.91. The van der Waals surface area contributed by atoms with Crippen molar-refractivity contribution in [2.24, 2.45) is 5.92 Å². The van der Waals surface area contributed by atoms with Gasteiger partial charge in [0.25, 0.3) is 5.56 Å². The fraction of sp³-hybridized carbons (Fsp3) is 0.667. The number of carbonyl (C=O) groups excluding carboxylic acids is 1. The Balaban J connectivity index is 1.72. The van der Waals surface area contributed by atoms with Gasteiger partial charge in [-0.3, -0.25) is 14.2 Å². The first-order valence-electron chi connectivity index (χ1n) is 10.4. The molecule has 2 heterocycles. The van der Waals surface area contributed by atoms with Crippen LogP contribution in [0.2, 0.25) is 0 Å². The van der Waals surface area contributed by atoms with Gasteiger partial charge in [-0.15, -0.1) is 11.3 Å². The number of rotatable bonds is 5. The molecule has 2 aliphatic rings. The van der Waals surface area contributed by atoms with E-state index in [1.54, 1.807) is 15.9 Å². The number of hydrogen-bond donors (Lipinski definition) is 1. The topological polar surface area (TPSA) is 67.2 Å². The van der Waals surface area contributed by atoms with Crippen molar-refractivity contribution >= 4 is 27.5 Å². The summed E-state index contributed by atoms with van der Waals surface area (Å²) in [5, 5.41) is 3.86. The molecule has 2 aromatic rings. The van der Waals surface area contributed by atoms with Crippen LogP contribution in [0, 0.1) is 5.92 Å². The standard InChI is InChI=1S/C21H30N4O2S/c1-13-8-9-15-16(10-13)28-20-19(15)21(27)25(17(23-20)11-24(2)3)12-18(26)22-14-6-4-5-7-14/h13-14H,4-12H2,1-3H3,(H,22,26). The van der Waals surface area contributed by atoms with Gasteiger partial charge in [-0.2, -0.15) is 0 Å². The second kappa shape index (κ2) is 7.95. The molecule has 0 saturated heterocycles. The first kappa shape index (κ1) is 19.6. The van der Waals surface area contributed by atoms with Crippen molar-refractivity contribution in [3.05, 3.63) is 26.6 Å². The Labute approximate surface area is 169 Å². The SMILES string of the molecule is CC1CCc2c(sc3nc(CN(C)C)n(CC(=O)NC4CCCC4)c(=O)c23)C1. The van der Waals surface area contributed by atoms with Crippen molar-refractivity contribution in [2.45, 2.75) is 71.0 Å². The van der Waals surface area contributed by atoms with Crippen molar-refractivity contribution in [3.8, 4) is 0 Å². The minimum Gasteiger partial charge on any atom is -0.352 e. The summed E-state index contributed by atoms with van der Waals surface area (Å²) in [5.41, 5.74) is 1.13. The fourth-order valence-electron chi connectivity index (χ4n) is 4.52. The van der Waals surface area contributed by atoms with Crippen LogP contribution in [0.4, 0.5) is 0 Å². The van der Waals surface area contributed by atoms with Crippen LogP contribution in [0.15, 0.2) is 4.79 Å².